The number of allylic oxidation sites excluding steroid dienone is 1. The number of nitrogens with zero attached hydrogens (tertiary/aromatic N) is 1. The smallest absolute Gasteiger partial charge is 0.323 e. The zero-order valence-electron chi connectivity index (χ0n) is 20.3. The molecule has 0 aliphatic rings. The molecule has 35 heavy (non-hydrogen) atoms. The summed E-state index contributed by atoms with van der Waals surface area (Å²) in [4.78, 5) is 16.7. The van der Waals surface area contributed by atoms with Gasteiger partial charge in [0.15, 0.2) is 0 Å². The third-order valence-electron chi connectivity index (χ3n) is 5.09. The normalized spacial score (nSPS) is 11.0. The molecule has 0 radical (unpaired) electrons. The Morgan fingerprint density at radius 2 is 1.74 bits per heavy atom. The van der Waals surface area contributed by atoms with Crippen LogP contribution in [0, 0.1) is 5.82 Å². The van der Waals surface area contributed by atoms with Gasteiger partial charge in [0, 0.05) is 24.0 Å². The highest BCUT2D eigenvalue weighted by Gasteiger charge is 2.17. The van der Waals surface area contributed by atoms with Gasteiger partial charge in [-0.15, -0.1) is 0 Å². The lowest BCUT2D eigenvalue weighted by atomic mass is 9.87. The van der Waals surface area contributed by atoms with E-state index < -0.39 is 11.8 Å². The van der Waals surface area contributed by atoms with E-state index in [0.717, 1.165) is 24.1 Å². The van der Waals surface area contributed by atoms with E-state index >= 15 is 0 Å². The number of carbonyl (C=O) groups is 1. The topological polar surface area (TPSA) is 75.3 Å². The highest BCUT2D eigenvalue weighted by atomic mass is 35.5. The molecule has 0 saturated carbocycles. The van der Waals surface area contributed by atoms with Crippen LogP contribution in [0.4, 0.5) is 26.4 Å². The fourth-order valence-electron chi connectivity index (χ4n) is 3.25. The van der Waals surface area contributed by atoms with Crippen LogP contribution >= 0.6 is 11.6 Å². The Labute approximate surface area is 210 Å². The van der Waals surface area contributed by atoms with Gasteiger partial charge in [-0.3, -0.25) is 0 Å². The Balaban J connectivity index is 1.66. The number of rotatable bonds is 8. The maximum Gasteiger partial charge on any atom is 0.323 e. The molecule has 1 aromatic heterocycles. The lowest BCUT2D eigenvalue weighted by Gasteiger charge is -2.20. The molecule has 0 spiro atoms. The summed E-state index contributed by atoms with van der Waals surface area (Å²) in [6.45, 7) is 12.2. The SMILES string of the molecule is C=C(CCC)Nc1cc(Oc2ccc(NC(=O)Nc3cc(C(C)(C)C)ccc3Cl)c(F)c2)ccn1. The van der Waals surface area contributed by atoms with Gasteiger partial charge in [0.2, 0.25) is 0 Å². The third-order valence-corrected chi connectivity index (χ3v) is 5.42. The van der Waals surface area contributed by atoms with E-state index in [1.807, 2.05) is 12.1 Å². The number of pyridine rings is 1. The molecule has 0 aliphatic carbocycles. The average Bonchev–Trinajstić information content (AvgIpc) is 2.77. The molecule has 0 saturated heterocycles. The largest absolute Gasteiger partial charge is 0.457 e. The van der Waals surface area contributed by atoms with Crippen LogP contribution in [0.5, 0.6) is 11.5 Å². The molecular weight excluding hydrogens is 467 g/mol. The first-order chi connectivity index (χ1) is 16.5. The summed E-state index contributed by atoms with van der Waals surface area (Å²) in [6.07, 6.45) is 3.39. The van der Waals surface area contributed by atoms with E-state index in [9.17, 15) is 9.18 Å². The molecule has 2 aromatic carbocycles. The van der Waals surface area contributed by atoms with Gasteiger partial charge >= 0.3 is 6.03 Å². The number of hydrogen-bond acceptors (Lipinski definition) is 4. The van der Waals surface area contributed by atoms with Crippen LogP contribution in [0.25, 0.3) is 0 Å². The second-order valence-electron chi connectivity index (χ2n) is 9.12. The molecule has 0 atom stereocenters. The number of amides is 2. The summed E-state index contributed by atoms with van der Waals surface area (Å²) >= 11 is 6.23. The number of anilines is 3. The maximum atomic E-state index is 14.7. The van der Waals surface area contributed by atoms with Crippen LogP contribution in [-0.4, -0.2) is 11.0 Å². The minimum Gasteiger partial charge on any atom is -0.457 e. The third kappa shape index (κ3) is 7.45. The van der Waals surface area contributed by atoms with Crippen LogP contribution in [0.1, 0.15) is 46.1 Å². The Kier molecular flexibility index (Phi) is 8.35. The van der Waals surface area contributed by atoms with E-state index in [0.29, 0.717) is 22.3 Å². The minimum absolute atomic E-state index is 0.00546. The standard InChI is InChI=1S/C27H30ClFN4O2/c1-6-7-17(2)31-25-16-20(12-13-30-25)35-19-9-11-23(22(29)15-19)32-26(34)33-24-14-18(27(3,4)5)8-10-21(24)28/h8-16H,2,6-7H2,1,3-5H3,(H,30,31)(H2,32,33,34). The highest BCUT2D eigenvalue weighted by Crippen LogP contribution is 2.31. The summed E-state index contributed by atoms with van der Waals surface area (Å²) in [6, 6.07) is 12.4. The van der Waals surface area contributed by atoms with Crippen LogP contribution in [0.15, 0.2) is 67.0 Å². The fourth-order valence-corrected chi connectivity index (χ4v) is 3.41. The Morgan fingerprint density at radius 1 is 1.03 bits per heavy atom. The molecule has 0 bridgehead atoms. The second kappa shape index (κ2) is 11.2. The molecule has 6 nitrogen and oxygen atoms in total. The van der Waals surface area contributed by atoms with Gasteiger partial charge in [-0.1, -0.05) is 58.4 Å². The van der Waals surface area contributed by atoms with Crippen molar-refractivity contribution in [3.05, 3.63) is 83.4 Å². The zero-order valence-corrected chi connectivity index (χ0v) is 21.1. The Morgan fingerprint density at radius 3 is 2.43 bits per heavy atom. The number of ether oxygens (including phenoxy) is 1. The maximum absolute atomic E-state index is 14.7. The molecule has 3 N–H and O–H groups in total. The molecule has 8 heteroatoms. The number of benzene rings is 2. The summed E-state index contributed by atoms with van der Waals surface area (Å²) < 4.78 is 20.5. The van der Waals surface area contributed by atoms with Crippen LogP contribution < -0.4 is 20.7 Å². The van der Waals surface area contributed by atoms with Gasteiger partial charge in [-0.25, -0.2) is 14.2 Å². The van der Waals surface area contributed by atoms with E-state index in [1.165, 1.54) is 12.1 Å². The first kappa shape index (κ1) is 26.0. The van der Waals surface area contributed by atoms with Crippen molar-refractivity contribution in [2.24, 2.45) is 0 Å². The van der Waals surface area contributed by atoms with Gasteiger partial charge in [-0.05, 0) is 47.7 Å². The van der Waals surface area contributed by atoms with Crippen LogP contribution in [-0.2, 0) is 5.41 Å². The van der Waals surface area contributed by atoms with Gasteiger partial charge in [0.05, 0.1) is 16.4 Å². The highest BCUT2D eigenvalue weighted by molar-refractivity contribution is 6.33. The summed E-state index contributed by atoms with van der Waals surface area (Å²) in [7, 11) is 0. The van der Waals surface area contributed by atoms with Gasteiger partial charge < -0.3 is 20.7 Å². The van der Waals surface area contributed by atoms with Crippen molar-refractivity contribution in [2.75, 3.05) is 16.0 Å². The van der Waals surface area contributed by atoms with Crippen LogP contribution in [0.2, 0.25) is 5.02 Å². The Hall–Kier alpha value is -3.58. The van der Waals surface area contributed by atoms with E-state index in [-0.39, 0.29) is 16.9 Å². The lowest BCUT2D eigenvalue weighted by molar-refractivity contribution is 0.262. The van der Waals surface area contributed by atoms with E-state index in [2.05, 4.69) is 55.2 Å². The van der Waals surface area contributed by atoms with Crippen molar-refractivity contribution in [3.8, 4) is 11.5 Å². The number of carbonyl (C=O) groups excluding carboxylic acids is 1. The van der Waals surface area contributed by atoms with Gasteiger partial charge in [0.1, 0.15) is 23.1 Å². The summed E-state index contributed by atoms with van der Waals surface area (Å²) in [5.74, 6) is 0.707. The van der Waals surface area contributed by atoms with Crippen molar-refractivity contribution in [1.82, 2.24) is 4.98 Å². The first-order valence-corrected chi connectivity index (χ1v) is 11.7. The number of nitrogens with one attached hydrogen (secondary N) is 3. The summed E-state index contributed by atoms with van der Waals surface area (Å²) in [5, 5.41) is 8.71. The molecule has 2 amide bonds. The molecule has 0 aliphatic heterocycles. The molecule has 0 unspecified atom stereocenters. The molecule has 3 rings (SSSR count). The number of urea groups is 1. The van der Waals surface area contributed by atoms with E-state index in [1.54, 1.807) is 30.5 Å². The minimum atomic E-state index is -0.643. The van der Waals surface area contributed by atoms with Gasteiger partial charge in [0.25, 0.3) is 0 Å². The van der Waals surface area contributed by atoms with Crippen molar-refractivity contribution in [2.45, 2.75) is 46.0 Å². The molecular formula is C27H30ClFN4O2. The number of hydrogen-bond donors (Lipinski definition) is 3. The number of aromatic nitrogens is 1. The molecule has 184 valence electrons. The first-order valence-electron chi connectivity index (χ1n) is 11.3. The van der Waals surface area contributed by atoms with Gasteiger partial charge in [-0.2, -0.15) is 0 Å². The van der Waals surface area contributed by atoms with Crippen molar-refractivity contribution in [1.29, 1.82) is 0 Å². The monoisotopic (exact) mass is 496 g/mol. The fraction of sp³-hybridized carbons (Fsp3) is 0.259. The van der Waals surface area contributed by atoms with Crippen molar-refractivity contribution < 1.29 is 13.9 Å². The Bertz CT molecular complexity index is 1220. The van der Waals surface area contributed by atoms with Crippen molar-refractivity contribution in [3.63, 3.8) is 0 Å². The van der Waals surface area contributed by atoms with Crippen LogP contribution in [0.3, 0.4) is 0 Å². The quantitative estimate of drug-likeness (QED) is 0.293. The van der Waals surface area contributed by atoms with E-state index in [4.69, 9.17) is 16.3 Å². The molecule has 3 aromatic rings. The predicted octanol–water partition coefficient (Wildman–Crippen LogP) is 8.33. The second-order valence-corrected chi connectivity index (χ2v) is 9.53. The summed E-state index contributed by atoms with van der Waals surface area (Å²) in [5.41, 5.74) is 2.19. The van der Waals surface area contributed by atoms with Crippen molar-refractivity contribution >= 4 is 34.8 Å². The molecule has 0 fully saturated rings. The average molecular weight is 497 g/mol. The number of halogens is 2. The lowest BCUT2D eigenvalue weighted by Crippen LogP contribution is -2.21. The predicted molar refractivity (Wildman–Crippen MR) is 141 cm³/mol. The molecule has 1 heterocycles. The zero-order chi connectivity index (χ0) is 25.6.